The third-order valence-electron chi connectivity index (χ3n) is 5.72. The lowest BCUT2D eigenvalue weighted by Gasteiger charge is -2.36. The second-order valence-corrected chi connectivity index (χ2v) is 13.5. The summed E-state index contributed by atoms with van der Waals surface area (Å²) in [6, 6.07) is 8.07. The van der Waals surface area contributed by atoms with Gasteiger partial charge in [-0.1, -0.05) is 20.8 Å². The Kier molecular flexibility index (Phi) is 5.07. The Bertz CT molecular complexity index is 848. The van der Waals surface area contributed by atoms with E-state index < -0.39 is 14.4 Å². The summed E-state index contributed by atoms with van der Waals surface area (Å²) in [7, 11) is -1.97. The Labute approximate surface area is 161 Å². The number of hydrogen-bond donors (Lipinski definition) is 2. The first-order chi connectivity index (χ1) is 12.6. The largest absolute Gasteiger partial charge is 0.542 e. The Morgan fingerprint density at radius 3 is 2.70 bits per heavy atom. The number of carboxylic acid groups (broad SMARTS) is 1. The maximum atomic E-state index is 11.1. The molecule has 1 amide bonds. The molecule has 1 fully saturated rings. The molecule has 6 nitrogen and oxygen atoms in total. The topological polar surface area (TPSA) is 74.7 Å². The molecule has 0 bridgehead atoms. The highest BCUT2D eigenvalue weighted by atomic mass is 28.4. The number of likely N-dealkylation sites (tertiary alicyclic amines) is 1. The second-order valence-electron chi connectivity index (χ2n) is 8.73. The first kappa shape index (κ1) is 19.5. The van der Waals surface area contributed by atoms with Gasteiger partial charge in [0.25, 0.3) is 8.32 Å². The number of hydrogen-bond acceptors (Lipinski definition) is 4. The minimum Gasteiger partial charge on any atom is -0.542 e. The first-order valence-corrected chi connectivity index (χ1v) is 12.3. The van der Waals surface area contributed by atoms with E-state index in [1.807, 2.05) is 24.3 Å². The number of fused-ring (bicyclic) bond motifs is 1. The molecule has 0 radical (unpaired) electrons. The van der Waals surface area contributed by atoms with Gasteiger partial charge in [0.05, 0.1) is 0 Å². The maximum Gasteiger partial charge on any atom is 0.407 e. The molecule has 1 atom stereocenters. The average Bonchev–Trinajstić information content (AvgIpc) is 3.05. The van der Waals surface area contributed by atoms with Crippen molar-refractivity contribution in [2.24, 2.45) is 0 Å². The van der Waals surface area contributed by atoms with Gasteiger partial charge in [0.1, 0.15) is 11.3 Å². The molecular formula is C20H29N3O3Si. The van der Waals surface area contributed by atoms with Gasteiger partial charge in [-0.25, -0.2) is 4.79 Å². The van der Waals surface area contributed by atoms with Crippen molar-refractivity contribution in [1.82, 2.24) is 9.88 Å². The first-order valence-electron chi connectivity index (χ1n) is 9.40. The third kappa shape index (κ3) is 4.02. The van der Waals surface area contributed by atoms with E-state index in [2.05, 4.69) is 44.2 Å². The van der Waals surface area contributed by atoms with Crippen molar-refractivity contribution in [3.63, 3.8) is 0 Å². The summed E-state index contributed by atoms with van der Waals surface area (Å²) in [5, 5.41) is 13.8. The maximum absolute atomic E-state index is 11.1. The summed E-state index contributed by atoms with van der Waals surface area (Å²) < 4.78 is 6.52. The molecule has 1 aliphatic heterocycles. The zero-order chi connectivity index (χ0) is 19.8. The van der Waals surface area contributed by atoms with Crippen molar-refractivity contribution < 1.29 is 14.3 Å². The Hall–Kier alpha value is -2.28. The van der Waals surface area contributed by atoms with E-state index in [0.717, 1.165) is 28.8 Å². The highest BCUT2D eigenvalue weighted by Crippen LogP contribution is 2.40. The quantitative estimate of drug-likeness (QED) is 0.738. The molecule has 1 saturated heterocycles. The van der Waals surface area contributed by atoms with E-state index >= 15 is 0 Å². The van der Waals surface area contributed by atoms with Crippen LogP contribution in [0, 0.1) is 0 Å². The van der Waals surface area contributed by atoms with Crippen LogP contribution in [0.25, 0.3) is 10.9 Å². The average molecular weight is 388 g/mol. The van der Waals surface area contributed by atoms with Gasteiger partial charge in [-0.05, 0) is 48.8 Å². The van der Waals surface area contributed by atoms with Crippen LogP contribution in [0.15, 0.2) is 30.5 Å². The van der Waals surface area contributed by atoms with Gasteiger partial charge >= 0.3 is 6.09 Å². The highest BCUT2D eigenvalue weighted by Gasteiger charge is 2.39. The summed E-state index contributed by atoms with van der Waals surface area (Å²) in [5.74, 6) is 0.821. The molecule has 2 heterocycles. The van der Waals surface area contributed by atoms with Gasteiger partial charge in [0.2, 0.25) is 0 Å². The molecule has 27 heavy (non-hydrogen) atoms. The molecule has 1 aliphatic rings. The van der Waals surface area contributed by atoms with Gasteiger partial charge in [-0.3, -0.25) is 4.98 Å². The van der Waals surface area contributed by atoms with Gasteiger partial charge < -0.3 is 19.7 Å². The van der Waals surface area contributed by atoms with Crippen LogP contribution in [-0.2, 0) is 0 Å². The summed E-state index contributed by atoms with van der Waals surface area (Å²) in [5.41, 5.74) is 1.82. The smallest absolute Gasteiger partial charge is 0.407 e. The molecule has 2 aromatic rings. The number of rotatable bonds is 4. The molecule has 146 valence electrons. The number of amides is 1. The zero-order valence-corrected chi connectivity index (χ0v) is 17.7. The van der Waals surface area contributed by atoms with E-state index in [1.165, 1.54) is 4.90 Å². The summed E-state index contributed by atoms with van der Waals surface area (Å²) in [6.07, 6.45) is 1.73. The molecule has 0 aliphatic carbocycles. The number of carbonyl (C=O) groups is 1. The van der Waals surface area contributed by atoms with Crippen molar-refractivity contribution >= 4 is 31.0 Å². The monoisotopic (exact) mass is 387 g/mol. The summed E-state index contributed by atoms with van der Waals surface area (Å²) in [4.78, 5) is 17.2. The Balaban J connectivity index is 1.89. The normalized spacial score (nSPS) is 18.0. The Morgan fingerprint density at radius 1 is 1.33 bits per heavy atom. The van der Waals surface area contributed by atoms with Crippen LogP contribution in [-0.4, -0.2) is 48.5 Å². The molecule has 1 aromatic heterocycles. The number of nitrogens with one attached hydrogen (secondary N) is 1. The van der Waals surface area contributed by atoms with Gasteiger partial charge in [0, 0.05) is 36.4 Å². The zero-order valence-electron chi connectivity index (χ0n) is 16.7. The SMILES string of the molecule is CC(C)(C)[Si](C)(C)Oc1ccc(NC2CCN(C(=O)O)C2)c2cccnc12. The molecule has 3 rings (SSSR count). The lowest BCUT2D eigenvalue weighted by molar-refractivity contribution is 0.155. The molecule has 0 saturated carbocycles. The van der Waals surface area contributed by atoms with Gasteiger partial charge in [-0.15, -0.1) is 0 Å². The third-order valence-corrected chi connectivity index (χ3v) is 10.1. The highest BCUT2D eigenvalue weighted by molar-refractivity contribution is 6.74. The summed E-state index contributed by atoms with van der Waals surface area (Å²) in [6.45, 7) is 12.2. The summed E-state index contributed by atoms with van der Waals surface area (Å²) >= 11 is 0. The number of aromatic nitrogens is 1. The van der Waals surface area contributed by atoms with E-state index in [1.54, 1.807) is 6.20 Å². The number of nitrogens with zero attached hydrogens (tertiary/aromatic N) is 2. The fourth-order valence-electron chi connectivity index (χ4n) is 3.05. The van der Waals surface area contributed by atoms with Crippen LogP contribution in [0.2, 0.25) is 18.1 Å². The number of pyridine rings is 1. The van der Waals surface area contributed by atoms with Crippen LogP contribution < -0.4 is 9.74 Å². The van der Waals surface area contributed by atoms with Crippen molar-refractivity contribution in [1.29, 1.82) is 0 Å². The fraction of sp³-hybridized carbons (Fsp3) is 0.500. The molecule has 1 unspecified atom stereocenters. The predicted octanol–water partition coefficient (Wildman–Crippen LogP) is 4.78. The molecular weight excluding hydrogens is 358 g/mol. The van der Waals surface area contributed by atoms with Crippen LogP contribution in [0.4, 0.5) is 10.5 Å². The molecule has 7 heteroatoms. The van der Waals surface area contributed by atoms with Crippen LogP contribution in [0.5, 0.6) is 5.75 Å². The second kappa shape index (κ2) is 7.03. The van der Waals surface area contributed by atoms with Gasteiger partial charge in [-0.2, -0.15) is 0 Å². The minimum atomic E-state index is -1.97. The number of anilines is 1. The van der Waals surface area contributed by atoms with Crippen LogP contribution >= 0.6 is 0 Å². The van der Waals surface area contributed by atoms with Crippen molar-refractivity contribution in [3.8, 4) is 5.75 Å². The lowest BCUT2D eigenvalue weighted by atomic mass is 10.1. The molecule has 0 spiro atoms. The molecule has 1 aromatic carbocycles. The molecule has 2 N–H and O–H groups in total. The van der Waals surface area contributed by atoms with Crippen LogP contribution in [0.3, 0.4) is 0 Å². The van der Waals surface area contributed by atoms with E-state index in [9.17, 15) is 4.79 Å². The van der Waals surface area contributed by atoms with Gasteiger partial charge in [0.15, 0.2) is 0 Å². The number of benzene rings is 1. The van der Waals surface area contributed by atoms with Crippen LogP contribution in [0.1, 0.15) is 27.2 Å². The lowest BCUT2D eigenvalue weighted by Crippen LogP contribution is -2.43. The van der Waals surface area contributed by atoms with Crippen molar-refractivity contribution in [2.45, 2.75) is 51.4 Å². The predicted molar refractivity (Wildman–Crippen MR) is 111 cm³/mol. The van der Waals surface area contributed by atoms with E-state index in [-0.39, 0.29) is 11.1 Å². The Morgan fingerprint density at radius 2 is 2.07 bits per heavy atom. The van der Waals surface area contributed by atoms with E-state index in [4.69, 9.17) is 9.53 Å². The van der Waals surface area contributed by atoms with Crippen molar-refractivity contribution in [2.75, 3.05) is 18.4 Å². The van der Waals surface area contributed by atoms with Crippen molar-refractivity contribution in [3.05, 3.63) is 30.5 Å². The minimum absolute atomic E-state index is 0.106. The standard InChI is InChI=1S/C20H29N3O3Si/c1-20(2,3)27(4,5)26-17-9-8-16(15-7-6-11-21-18(15)17)22-14-10-12-23(13-14)19(24)25/h6-9,11,14,22H,10,12-13H2,1-5H3,(H,24,25). The van der Waals surface area contributed by atoms with E-state index in [0.29, 0.717) is 13.1 Å². The fourth-order valence-corrected chi connectivity index (χ4v) is 4.08.